The van der Waals surface area contributed by atoms with Gasteiger partial charge in [0.1, 0.15) is 11.9 Å². The Labute approximate surface area is 123 Å². The zero-order chi connectivity index (χ0) is 16.0. The molecule has 0 aliphatic rings. The highest BCUT2D eigenvalue weighted by atomic mass is 19.1. The molecule has 2 N–H and O–H groups in total. The first-order chi connectivity index (χ1) is 9.80. The van der Waals surface area contributed by atoms with Gasteiger partial charge in [-0.1, -0.05) is 18.2 Å². The fraction of sp³-hybridized carbons (Fsp3) is 0.467. The number of ether oxygens (including phenoxy) is 1. The summed E-state index contributed by atoms with van der Waals surface area (Å²) in [5.41, 5.74) is -0.954. The van der Waals surface area contributed by atoms with Gasteiger partial charge in [0, 0.05) is 25.7 Å². The number of carboxylic acids is 1. The van der Waals surface area contributed by atoms with E-state index >= 15 is 0 Å². The number of halogens is 1. The van der Waals surface area contributed by atoms with Crippen molar-refractivity contribution in [3.8, 4) is 0 Å². The first-order valence-electron chi connectivity index (χ1n) is 6.58. The molecule has 0 radical (unpaired) electrons. The van der Waals surface area contributed by atoms with Gasteiger partial charge in [0.15, 0.2) is 0 Å². The molecule has 0 fully saturated rings. The summed E-state index contributed by atoms with van der Waals surface area (Å²) < 4.78 is 18.6. The van der Waals surface area contributed by atoms with Crippen LogP contribution in [0.25, 0.3) is 0 Å². The molecule has 1 unspecified atom stereocenters. The molecule has 0 heterocycles. The molecule has 0 saturated carbocycles. The second kappa shape index (κ2) is 7.17. The highest BCUT2D eigenvalue weighted by molar-refractivity contribution is 5.90. The zero-order valence-electron chi connectivity index (χ0n) is 12.4. The van der Waals surface area contributed by atoms with Gasteiger partial charge in [0.05, 0.1) is 5.41 Å². The van der Waals surface area contributed by atoms with E-state index in [9.17, 15) is 14.0 Å². The monoisotopic (exact) mass is 297 g/mol. The van der Waals surface area contributed by atoms with Gasteiger partial charge in [-0.05, 0) is 19.9 Å². The number of rotatable bonds is 7. The van der Waals surface area contributed by atoms with Crippen molar-refractivity contribution < 1.29 is 23.8 Å². The summed E-state index contributed by atoms with van der Waals surface area (Å²) in [5, 5.41) is 11.5. The molecule has 116 valence electrons. The smallest absolute Gasteiger partial charge is 0.326 e. The van der Waals surface area contributed by atoms with E-state index in [1.807, 2.05) is 0 Å². The lowest BCUT2D eigenvalue weighted by molar-refractivity contribution is -0.143. The molecule has 1 amide bonds. The van der Waals surface area contributed by atoms with Crippen molar-refractivity contribution in [1.82, 2.24) is 5.32 Å². The summed E-state index contributed by atoms with van der Waals surface area (Å²) >= 11 is 0. The Hall–Kier alpha value is -1.95. The van der Waals surface area contributed by atoms with Crippen LogP contribution < -0.4 is 5.32 Å². The van der Waals surface area contributed by atoms with E-state index < -0.39 is 29.2 Å². The van der Waals surface area contributed by atoms with Crippen LogP contribution in [0.15, 0.2) is 24.3 Å². The third-order valence-corrected chi connectivity index (χ3v) is 3.33. The second-order valence-electron chi connectivity index (χ2n) is 5.25. The second-order valence-corrected chi connectivity index (χ2v) is 5.25. The van der Waals surface area contributed by atoms with Crippen molar-refractivity contribution in [2.75, 3.05) is 13.7 Å². The Morgan fingerprint density at radius 2 is 2.00 bits per heavy atom. The minimum absolute atomic E-state index is 0.144. The molecule has 5 nitrogen and oxygen atoms in total. The van der Waals surface area contributed by atoms with Crippen LogP contribution in [0.4, 0.5) is 4.39 Å². The summed E-state index contributed by atoms with van der Waals surface area (Å²) in [5.74, 6) is -2.19. The molecule has 1 aromatic carbocycles. The van der Waals surface area contributed by atoms with Crippen LogP contribution in [0.3, 0.4) is 0 Å². The van der Waals surface area contributed by atoms with Gasteiger partial charge in [-0.25, -0.2) is 9.18 Å². The standard InChI is InChI=1S/C15H20FNO4/c1-15(2,10-6-4-5-7-11(10)16)14(20)17-12(13(18)19)8-9-21-3/h4-7,12H,8-9H2,1-3H3,(H,17,20)(H,18,19). The normalized spacial score (nSPS) is 12.8. The zero-order valence-corrected chi connectivity index (χ0v) is 12.4. The Morgan fingerprint density at radius 1 is 1.38 bits per heavy atom. The van der Waals surface area contributed by atoms with Crippen LogP contribution in [0.1, 0.15) is 25.8 Å². The van der Waals surface area contributed by atoms with Crippen LogP contribution in [-0.2, 0) is 19.7 Å². The summed E-state index contributed by atoms with van der Waals surface area (Å²) in [6.45, 7) is 3.31. The third-order valence-electron chi connectivity index (χ3n) is 3.33. The summed E-state index contributed by atoms with van der Waals surface area (Å²) in [7, 11) is 1.45. The SMILES string of the molecule is COCCC(NC(=O)C(C)(C)c1ccccc1F)C(=O)O. The number of benzene rings is 1. The molecule has 6 heteroatoms. The molecular weight excluding hydrogens is 277 g/mol. The number of amides is 1. The Bertz CT molecular complexity index is 516. The largest absolute Gasteiger partial charge is 0.480 e. The lowest BCUT2D eigenvalue weighted by atomic mass is 9.83. The maximum absolute atomic E-state index is 13.8. The molecule has 1 atom stereocenters. The minimum Gasteiger partial charge on any atom is -0.480 e. The van der Waals surface area contributed by atoms with Gasteiger partial charge < -0.3 is 15.2 Å². The van der Waals surface area contributed by atoms with Crippen molar-refractivity contribution in [3.63, 3.8) is 0 Å². The quantitative estimate of drug-likeness (QED) is 0.803. The molecule has 1 aromatic rings. The average molecular weight is 297 g/mol. The Balaban J connectivity index is 2.90. The Morgan fingerprint density at radius 3 is 2.52 bits per heavy atom. The van der Waals surface area contributed by atoms with Crippen LogP contribution in [-0.4, -0.2) is 36.7 Å². The topological polar surface area (TPSA) is 75.6 Å². The maximum atomic E-state index is 13.8. The lowest BCUT2D eigenvalue weighted by Crippen LogP contribution is -2.49. The van der Waals surface area contributed by atoms with E-state index in [0.29, 0.717) is 0 Å². The van der Waals surface area contributed by atoms with Crippen LogP contribution in [0.5, 0.6) is 0 Å². The van der Waals surface area contributed by atoms with Gasteiger partial charge in [-0.15, -0.1) is 0 Å². The number of methoxy groups -OCH3 is 1. The number of carboxylic acid groups (broad SMARTS) is 1. The van der Waals surface area contributed by atoms with E-state index in [4.69, 9.17) is 9.84 Å². The molecule has 0 spiro atoms. The number of hydrogen-bond acceptors (Lipinski definition) is 3. The number of carbonyl (C=O) groups excluding carboxylic acids is 1. The van der Waals surface area contributed by atoms with E-state index in [1.54, 1.807) is 19.9 Å². The summed E-state index contributed by atoms with van der Waals surface area (Å²) in [4.78, 5) is 23.4. The fourth-order valence-electron chi connectivity index (χ4n) is 1.92. The first kappa shape index (κ1) is 17.1. The molecule has 21 heavy (non-hydrogen) atoms. The van der Waals surface area contributed by atoms with Crippen LogP contribution >= 0.6 is 0 Å². The molecule has 0 aromatic heterocycles. The molecule has 0 bridgehead atoms. The van der Waals surface area contributed by atoms with Crippen molar-refractivity contribution >= 4 is 11.9 Å². The van der Waals surface area contributed by atoms with Crippen molar-refractivity contribution in [1.29, 1.82) is 0 Å². The highest BCUT2D eigenvalue weighted by Gasteiger charge is 2.34. The minimum atomic E-state index is -1.17. The van der Waals surface area contributed by atoms with Crippen molar-refractivity contribution in [3.05, 3.63) is 35.6 Å². The number of nitrogens with one attached hydrogen (secondary N) is 1. The average Bonchev–Trinajstić information content (AvgIpc) is 2.43. The van der Waals surface area contributed by atoms with Gasteiger partial charge >= 0.3 is 5.97 Å². The van der Waals surface area contributed by atoms with Gasteiger partial charge in [0.2, 0.25) is 5.91 Å². The number of hydrogen-bond donors (Lipinski definition) is 2. The van der Waals surface area contributed by atoms with Gasteiger partial charge in [0.25, 0.3) is 0 Å². The first-order valence-corrected chi connectivity index (χ1v) is 6.58. The van der Waals surface area contributed by atoms with E-state index in [1.165, 1.54) is 25.3 Å². The van der Waals surface area contributed by atoms with Crippen molar-refractivity contribution in [2.45, 2.75) is 31.7 Å². The number of aliphatic carboxylic acids is 1. The number of carbonyl (C=O) groups is 2. The molecule has 0 aliphatic carbocycles. The highest BCUT2D eigenvalue weighted by Crippen LogP contribution is 2.26. The van der Waals surface area contributed by atoms with E-state index in [-0.39, 0.29) is 18.6 Å². The maximum Gasteiger partial charge on any atom is 0.326 e. The summed E-state index contributed by atoms with van der Waals surface area (Å²) in [6.07, 6.45) is 0.144. The van der Waals surface area contributed by atoms with Gasteiger partial charge in [-0.3, -0.25) is 4.79 Å². The van der Waals surface area contributed by atoms with Crippen LogP contribution in [0.2, 0.25) is 0 Å². The van der Waals surface area contributed by atoms with Crippen LogP contribution in [0, 0.1) is 5.82 Å². The molecular formula is C15H20FNO4. The van der Waals surface area contributed by atoms with Crippen molar-refractivity contribution in [2.24, 2.45) is 0 Å². The molecule has 0 saturated heterocycles. The Kier molecular flexibility index (Phi) is 5.84. The molecule has 0 aliphatic heterocycles. The predicted molar refractivity (Wildman–Crippen MR) is 75.5 cm³/mol. The fourth-order valence-corrected chi connectivity index (χ4v) is 1.92. The third kappa shape index (κ3) is 4.26. The summed E-state index contributed by atoms with van der Waals surface area (Å²) in [6, 6.07) is 4.88. The van der Waals surface area contributed by atoms with E-state index in [2.05, 4.69) is 5.32 Å². The van der Waals surface area contributed by atoms with Gasteiger partial charge in [-0.2, -0.15) is 0 Å². The van der Waals surface area contributed by atoms with E-state index in [0.717, 1.165) is 0 Å². The predicted octanol–water partition coefficient (Wildman–Crippen LogP) is 1.71. The lowest BCUT2D eigenvalue weighted by Gasteiger charge is -2.26. The molecule has 1 rings (SSSR count).